The summed E-state index contributed by atoms with van der Waals surface area (Å²) >= 11 is 0. The van der Waals surface area contributed by atoms with E-state index in [-0.39, 0.29) is 5.75 Å². The largest absolute Gasteiger partial charge is 0.313 e. The molecule has 1 aliphatic rings. The molecule has 102 valence electrons. The van der Waals surface area contributed by atoms with Gasteiger partial charge in [0.2, 0.25) is 10.0 Å². The lowest BCUT2D eigenvalue weighted by Crippen LogP contribution is -2.41. The molecule has 1 aliphatic heterocycles. The average molecular weight is 263 g/mol. The molecule has 1 fully saturated rings. The molecule has 2 N–H and O–H groups in total. The first kappa shape index (κ1) is 14.9. The number of hydrogen-bond acceptors (Lipinski definition) is 4. The monoisotopic (exact) mass is 263 g/mol. The van der Waals surface area contributed by atoms with Crippen LogP contribution in [0.15, 0.2) is 0 Å². The summed E-state index contributed by atoms with van der Waals surface area (Å²) in [5, 5.41) is 3.11. The van der Waals surface area contributed by atoms with Crippen LogP contribution in [0.2, 0.25) is 0 Å². The van der Waals surface area contributed by atoms with Crippen LogP contribution < -0.4 is 10.0 Å². The molecule has 0 aromatic rings. The first-order valence-electron chi connectivity index (χ1n) is 6.31. The summed E-state index contributed by atoms with van der Waals surface area (Å²) in [6, 6.07) is 0.689. The molecular formula is C11H25N3O2S. The van der Waals surface area contributed by atoms with Gasteiger partial charge in [0.15, 0.2) is 0 Å². The fraction of sp³-hybridized carbons (Fsp3) is 1.00. The van der Waals surface area contributed by atoms with Crippen LogP contribution in [0.5, 0.6) is 0 Å². The van der Waals surface area contributed by atoms with Crippen LogP contribution in [0.1, 0.15) is 26.7 Å². The van der Waals surface area contributed by atoms with Crippen LogP contribution >= 0.6 is 0 Å². The van der Waals surface area contributed by atoms with Crippen molar-refractivity contribution >= 4 is 10.0 Å². The minimum Gasteiger partial charge on any atom is -0.313 e. The third-order valence-corrected chi connectivity index (χ3v) is 4.48. The second kappa shape index (κ2) is 6.68. The van der Waals surface area contributed by atoms with Crippen molar-refractivity contribution in [3.8, 4) is 0 Å². The fourth-order valence-electron chi connectivity index (χ4n) is 2.01. The van der Waals surface area contributed by atoms with Gasteiger partial charge >= 0.3 is 0 Å². The van der Waals surface area contributed by atoms with Gasteiger partial charge in [-0.25, -0.2) is 13.1 Å². The number of likely N-dealkylation sites (tertiary alicyclic amines) is 1. The summed E-state index contributed by atoms with van der Waals surface area (Å²) in [6.07, 6.45) is 2.25. The van der Waals surface area contributed by atoms with E-state index in [0.29, 0.717) is 25.2 Å². The molecular weight excluding hydrogens is 238 g/mol. The Balaban J connectivity index is 2.24. The molecule has 1 saturated heterocycles. The molecule has 1 atom stereocenters. The van der Waals surface area contributed by atoms with Gasteiger partial charge in [-0.05, 0) is 26.4 Å². The standard InChI is InChI=1S/C11H25N3O2S/c1-10(2)12-6-8-17(15,16)13-9-11-5-4-7-14(11)3/h10-13H,4-9H2,1-3H3. The minimum absolute atomic E-state index is 0.154. The molecule has 0 aromatic heterocycles. The maximum absolute atomic E-state index is 11.7. The van der Waals surface area contributed by atoms with Crippen molar-refractivity contribution in [1.29, 1.82) is 0 Å². The van der Waals surface area contributed by atoms with Crippen molar-refractivity contribution < 1.29 is 8.42 Å². The van der Waals surface area contributed by atoms with Gasteiger partial charge in [0.1, 0.15) is 0 Å². The molecule has 0 amide bonds. The van der Waals surface area contributed by atoms with Gasteiger partial charge < -0.3 is 10.2 Å². The van der Waals surface area contributed by atoms with Gasteiger partial charge in [-0.15, -0.1) is 0 Å². The highest BCUT2D eigenvalue weighted by Gasteiger charge is 2.22. The maximum Gasteiger partial charge on any atom is 0.212 e. The van der Waals surface area contributed by atoms with E-state index in [2.05, 4.69) is 14.9 Å². The van der Waals surface area contributed by atoms with E-state index in [1.54, 1.807) is 0 Å². The zero-order chi connectivity index (χ0) is 12.9. The van der Waals surface area contributed by atoms with E-state index in [1.165, 1.54) is 0 Å². The molecule has 5 nitrogen and oxygen atoms in total. The summed E-state index contributed by atoms with van der Waals surface area (Å²) in [4.78, 5) is 2.22. The number of hydrogen-bond donors (Lipinski definition) is 2. The highest BCUT2D eigenvalue weighted by molar-refractivity contribution is 7.89. The quantitative estimate of drug-likeness (QED) is 0.679. The highest BCUT2D eigenvalue weighted by atomic mass is 32.2. The molecule has 0 aromatic carbocycles. The van der Waals surface area contributed by atoms with Gasteiger partial charge in [0.05, 0.1) is 5.75 Å². The highest BCUT2D eigenvalue weighted by Crippen LogP contribution is 2.13. The smallest absolute Gasteiger partial charge is 0.212 e. The van der Waals surface area contributed by atoms with Gasteiger partial charge in [0, 0.05) is 25.2 Å². The Kier molecular flexibility index (Phi) is 5.85. The molecule has 0 spiro atoms. The molecule has 6 heteroatoms. The Morgan fingerprint density at radius 3 is 2.65 bits per heavy atom. The molecule has 17 heavy (non-hydrogen) atoms. The van der Waals surface area contributed by atoms with Crippen LogP contribution in [-0.2, 0) is 10.0 Å². The molecule has 0 radical (unpaired) electrons. The summed E-state index contributed by atoms with van der Waals surface area (Å²) in [5.74, 6) is 0.154. The summed E-state index contributed by atoms with van der Waals surface area (Å²) in [5.41, 5.74) is 0. The fourth-order valence-corrected chi connectivity index (χ4v) is 2.99. The lowest BCUT2D eigenvalue weighted by molar-refractivity contribution is 0.311. The Morgan fingerprint density at radius 2 is 2.12 bits per heavy atom. The van der Waals surface area contributed by atoms with E-state index in [4.69, 9.17) is 0 Å². The topological polar surface area (TPSA) is 61.4 Å². The van der Waals surface area contributed by atoms with Crippen molar-refractivity contribution in [2.75, 3.05) is 32.4 Å². The van der Waals surface area contributed by atoms with E-state index >= 15 is 0 Å². The minimum atomic E-state index is -3.13. The predicted octanol–water partition coefficient (Wildman–Crippen LogP) is -0.00200. The number of nitrogens with zero attached hydrogens (tertiary/aromatic N) is 1. The number of nitrogens with one attached hydrogen (secondary N) is 2. The number of sulfonamides is 1. The average Bonchev–Trinajstić information content (AvgIpc) is 2.60. The van der Waals surface area contributed by atoms with E-state index in [1.807, 2.05) is 20.9 Å². The SMILES string of the molecule is CC(C)NCCS(=O)(=O)NCC1CCCN1C. The first-order valence-corrected chi connectivity index (χ1v) is 7.97. The first-order chi connectivity index (χ1) is 7.91. The Labute approximate surface area is 105 Å². The van der Waals surface area contributed by atoms with Crippen LogP contribution in [0.4, 0.5) is 0 Å². The van der Waals surface area contributed by atoms with Gasteiger partial charge in [-0.3, -0.25) is 0 Å². The van der Waals surface area contributed by atoms with Crippen molar-refractivity contribution in [3.05, 3.63) is 0 Å². The van der Waals surface area contributed by atoms with Gasteiger partial charge in [-0.1, -0.05) is 13.8 Å². The van der Waals surface area contributed by atoms with Crippen molar-refractivity contribution in [2.45, 2.75) is 38.8 Å². The molecule has 0 aliphatic carbocycles. The molecule has 1 heterocycles. The Bertz CT molecular complexity index is 317. The Morgan fingerprint density at radius 1 is 1.41 bits per heavy atom. The zero-order valence-electron chi connectivity index (χ0n) is 11.1. The third-order valence-electron chi connectivity index (χ3n) is 3.13. The molecule has 1 unspecified atom stereocenters. The van der Waals surface area contributed by atoms with Gasteiger partial charge in [0.25, 0.3) is 0 Å². The summed E-state index contributed by atoms with van der Waals surface area (Å²) in [6.45, 7) is 6.14. The molecule has 0 bridgehead atoms. The van der Waals surface area contributed by atoms with E-state index < -0.39 is 10.0 Å². The van der Waals surface area contributed by atoms with E-state index in [9.17, 15) is 8.42 Å². The number of rotatable bonds is 7. The van der Waals surface area contributed by atoms with E-state index in [0.717, 1.165) is 19.4 Å². The van der Waals surface area contributed by atoms with Crippen LogP contribution in [0.25, 0.3) is 0 Å². The van der Waals surface area contributed by atoms with Crippen LogP contribution in [0, 0.1) is 0 Å². The lowest BCUT2D eigenvalue weighted by Gasteiger charge is -2.19. The molecule has 1 rings (SSSR count). The number of likely N-dealkylation sites (N-methyl/N-ethyl adjacent to an activating group) is 1. The normalized spacial score (nSPS) is 22.5. The summed E-state index contributed by atoms with van der Waals surface area (Å²) < 4.78 is 26.1. The Hall–Kier alpha value is -0.170. The lowest BCUT2D eigenvalue weighted by atomic mass is 10.2. The van der Waals surface area contributed by atoms with Gasteiger partial charge in [-0.2, -0.15) is 0 Å². The second-order valence-corrected chi connectivity index (χ2v) is 6.98. The van der Waals surface area contributed by atoms with Crippen molar-refractivity contribution in [3.63, 3.8) is 0 Å². The zero-order valence-corrected chi connectivity index (χ0v) is 11.9. The predicted molar refractivity (Wildman–Crippen MR) is 70.6 cm³/mol. The molecule has 0 saturated carbocycles. The van der Waals surface area contributed by atoms with Crippen LogP contribution in [-0.4, -0.2) is 57.8 Å². The third kappa shape index (κ3) is 5.81. The van der Waals surface area contributed by atoms with Crippen molar-refractivity contribution in [1.82, 2.24) is 14.9 Å². The maximum atomic E-state index is 11.7. The second-order valence-electron chi connectivity index (χ2n) is 5.05. The van der Waals surface area contributed by atoms with Crippen LogP contribution in [0.3, 0.4) is 0 Å². The summed E-state index contributed by atoms with van der Waals surface area (Å²) in [7, 11) is -1.08. The van der Waals surface area contributed by atoms with Crippen molar-refractivity contribution in [2.24, 2.45) is 0 Å².